The number of hydrogen-bond donors (Lipinski definition) is 2. The molecule has 2 heterocycles. The number of aryl methyl sites for hydroxylation is 2. The third kappa shape index (κ3) is 1.44. The summed E-state index contributed by atoms with van der Waals surface area (Å²) in [6.07, 6.45) is 6.94. The molecule has 3 rings (SSSR count). The molecule has 1 aliphatic carbocycles. The molecule has 5 nitrogen and oxygen atoms in total. The minimum atomic E-state index is 0.0810. The van der Waals surface area contributed by atoms with Crippen molar-refractivity contribution in [2.45, 2.75) is 25.3 Å². The number of imidazole rings is 2. The first-order valence-electron chi connectivity index (χ1n) is 5.57. The number of aromatic nitrogens is 4. The zero-order chi connectivity index (χ0) is 11.1. The number of rotatable bonds is 1. The van der Waals surface area contributed by atoms with Crippen molar-refractivity contribution >= 4 is 0 Å². The van der Waals surface area contributed by atoms with Crippen molar-refractivity contribution in [3.8, 4) is 11.5 Å². The van der Waals surface area contributed by atoms with Gasteiger partial charge in [-0.1, -0.05) is 0 Å². The number of fused-ring (bicyclic) bond motifs is 1. The second kappa shape index (κ2) is 3.45. The Balaban J connectivity index is 2.04. The smallest absolute Gasteiger partial charge is 0.158 e. The zero-order valence-electron chi connectivity index (χ0n) is 9.27. The van der Waals surface area contributed by atoms with Crippen LogP contribution in [0.2, 0.25) is 0 Å². The SMILES string of the molecule is Cn1cnc(-c2nc3c([nH]2)CCCC3N)c1. The van der Waals surface area contributed by atoms with Crippen LogP contribution in [0.5, 0.6) is 0 Å². The number of hydrogen-bond acceptors (Lipinski definition) is 3. The van der Waals surface area contributed by atoms with Gasteiger partial charge in [0, 0.05) is 25.0 Å². The molecular formula is C11H15N5. The molecule has 0 spiro atoms. The summed E-state index contributed by atoms with van der Waals surface area (Å²) in [7, 11) is 1.95. The van der Waals surface area contributed by atoms with Gasteiger partial charge in [0.05, 0.1) is 12.0 Å². The van der Waals surface area contributed by atoms with Crippen LogP contribution >= 0.6 is 0 Å². The first kappa shape index (κ1) is 9.59. The number of nitrogens with one attached hydrogen (secondary N) is 1. The van der Waals surface area contributed by atoms with E-state index in [9.17, 15) is 0 Å². The van der Waals surface area contributed by atoms with Gasteiger partial charge in [-0.3, -0.25) is 0 Å². The van der Waals surface area contributed by atoms with Gasteiger partial charge in [-0.15, -0.1) is 0 Å². The number of nitrogens with two attached hydrogens (primary N) is 1. The third-order valence-corrected chi connectivity index (χ3v) is 3.05. The van der Waals surface area contributed by atoms with Gasteiger partial charge in [-0.25, -0.2) is 9.97 Å². The Morgan fingerprint density at radius 2 is 2.44 bits per heavy atom. The second-order valence-corrected chi connectivity index (χ2v) is 4.37. The molecule has 16 heavy (non-hydrogen) atoms. The molecule has 84 valence electrons. The van der Waals surface area contributed by atoms with Gasteiger partial charge < -0.3 is 15.3 Å². The van der Waals surface area contributed by atoms with Crippen LogP contribution in [0.3, 0.4) is 0 Å². The highest BCUT2D eigenvalue weighted by Gasteiger charge is 2.22. The van der Waals surface area contributed by atoms with Crippen molar-refractivity contribution in [2.24, 2.45) is 12.8 Å². The van der Waals surface area contributed by atoms with Gasteiger partial charge in [0.25, 0.3) is 0 Å². The van der Waals surface area contributed by atoms with Gasteiger partial charge in [-0.05, 0) is 19.3 Å². The summed E-state index contributed by atoms with van der Waals surface area (Å²) in [6.45, 7) is 0. The molecule has 0 saturated carbocycles. The molecule has 1 atom stereocenters. The number of aromatic amines is 1. The van der Waals surface area contributed by atoms with E-state index in [-0.39, 0.29) is 6.04 Å². The molecule has 2 aromatic rings. The average molecular weight is 217 g/mol. The van der Waals surface area contributed by atoms with Crippen molar-refractivity contribution in [3.63, 3.8) is 0 Å². The summed E-state index contributed by atoms with van der Waals surface area (Å²) >= 11 is 0. The van der Waals surface area contributed by atoms with E-state index in [2.05, 4.69) is 15.0 Å². The molecule has 0 aliphatic heterocycles. The maximum Gasteiger partial charge on any atom is 0.158 e. The fourth-order valence-electron chi connectivity index (χ4n) is 2.21. The Hall–Kier alpha value is -1.62. The lowest BCUT2D eigenvalue weighted by molar-refractivity contribution is 0.555. The third-order valence-electron chi connectivity index (χ3n) is 3.05. The van der Waals surface area contributed by atoms with E-state index in [0.717, 1.165) is 36.5 Å². The molecular weight excluding hydrogens is 202 g/mol. The molecule has 5 heteroatoms. The summed E-state index contributed by atoms with van der Waals surface area (Å²) in [5.74, 6) is 0.836. The van der Waals surface area contributed by atoms with Crippen LogP contribution in [0.4, 0.5) is 0 Å². The fraction of sp³-hybridized carbons (Fsp3) is 0.455. The van der Waals surface area contributed by atoms with Crippen LogP contribution < -0.4 is 5.73 Å². The van der Waals surface area contributed by atoms with Gasteiger partial charge >= 0.3 is 0 Å². The summed E-state index contributed by atoms with van der Waals surface area (Å²) in [5.41, 5.74) is 9.11. The van der Waals surface area contributed by atoms with Gasteiger partial charge in [0.2, 0.25) is 0 Å². The quantitative estimate of drug-likeness (QED) is 0.752. The van der Waals surface area contributed by atoms with Crippen molar-refractivity contribution in [1.82, 2.24) is 19.5 Å². The van der Waals surface area contributed by atoms with Crippen molar-refractivity contribution < 1.29 is 0 Å². The number of nitrogens with zero attached hydrogens (tertiary/aromatic N) is 3. The van der Waals surface area contributed by atoms with E-state index in [1.54, 1.807) is 6.33 Å². The molecule has 2 aromatic heterocycles. The zero-order valence-corrected chi connectivity index (χ0v) is 9.27. The summed E-state index contributed by atoms with van der Waals surface area (Å²) < 4.78 is 1.91. The molecule has 0 radical (unpaired) electrons. The first-order chi connectivity index (χ1) is 7.74. The summed E-state index contributed by atoms with van der Waals surface area (Å²) in [6, 6.07) is 0.0810. The molecule has 1 unspecified atom stereocenters. The van der Waals surface area contributed by atoms with Crippen LogP contribution in [0.25, 0.3) is 11.5 Å². The van der Waals surface area contributed by atoms with Gasteiger partial charge in [-0.2, -0.15) is 0 Å². The highest BCUT2D eigenvalue weighted by atomic mass is 15.1. The first-order valence-corrected chi connectivity index (χ1v) is 5.57. The van der Waals surface area contributed by atoms with Crippen molar-refractivity contribution in [1.29, 1.82) is 0 Å². The molecule has 0 amide bonds. The molecule has 1 aliphatic rings. The Morgan fingerprint density at radius 1 is 1.56 bits per heavy atom. The topological polar surface area (TPSA) is 72.5 Å². The minimum Gasteiger partial charge on any atom is -0.340 e. The summed E-state index contributed by atoms with van der Waals surface area (Å²) in [4.78, 5) is 12.2. The van der Waals surface area contributed by atoms with Crippen LogP contribution in [-0.2, 0) is 13.5 Å². The standard InChI is InChI=1S/C11H15N5/c1-16-5-9(13-6-16)11-14-8-4-2-3-7(12)10(8)15-11/h5-7H,2-4,12H2,1H3,(H,14,15). The van der Waals surface area contributed by atoms with Crippen LogP contribution in [0.15, 0.2) is 12.5 Å². The minimum absolute atomic E-state index is 0.0810. The predicted octanol–water partition coefficient (Wildman–Crippen LogP) is 1.15. The maximum atomic E-state index is 6.03. The predicted molar refractivity (Wildman–Crippen MR) is 60.7 cm³/mol. The van der Waals surface area contributed by atoms with E-state index in [4.69, 9.17) is 5.73 Å². The molecule has 0 saturated heterocycles. The Bertz CT molecular complexity index is 510. The molecule has 0 aromatic carbocycles. The Morgan fingerprint density at radius 3 is 3.12 bits per heavy atom. The molecule has 3 N–H and O–H groups in total. The van der Waals surface area contributed by atoms with E-state index in [1.807, 2.05) is 17.8 Å². The lowest BCUT2D eigenvalue weighted by Gasteiger charge is -2.15. The highest BCUT2D eigenvalue weighted by molar-refractivity contribution is 5.49. The average Bonchev–Trinajstić information content (AvgIpc) is 2.84. The van der Waals surface area contributed by atoms with E-state index in [1.165, 1.54) is 5.69 Å². The van der Waals surface area contributed by atoms with E-state index in [0.29, 0.717) is 0 Å². The highest BCUT2D eigenvalue weighted by Crippen LogP contribution is 2.28. The Kier molecular flexibility index (Phi) is 2.07. The lowest BCUT2D eigenvalue weighted by atomic mass is 9.97. The second-order valence-electron chi connectivity index (χ2n) is 4.37. The molecule has 0 bridgehead atoms. The van der Waals surface area contributed by atoms with Crippen molar-refractivity contribution in [3.05, 3.63) is 23.9 Å². The normalized spacial score (nSPS) is 19.8. The number of H-pyrrole nitrogens is 1. The van der Waals surface area contributed by atoms with Crippen LogP contribution in [0.1, 0.15) is 30.3 Å². The fourth-order valence-corrected chi connectivity index (χ4v) is 2.21. The largest absolute Gasteiger partial charge is 0.340 e. The van der Waals surface area contributed by atoms with Crippen molar-refractivity contribution in [2.75, 3.05) is 0 Å². The monoisotopic (exact) mass is 217 g/mol. The van der Waals surface area contributed by atoms with E-state index < -0.39 is 0 Å². The van der Waals surface area contributed by atoms with Gasteiger partial charge in [0.1, 0.15) is 5.69 Å². The maximum absolute atomic E-state index is 6.03. The van der Waals surface area contributed by atoms with Crippen LogP contribution in [-0.4, -0.2) is 19.5 Å². The lowest BCUT2D eigenvalue weighted by Crippen LogP contribution is -2.17. The molecule has 0 fully saturated rings. The van der Waals surface area contributed by atoms with E-state index >= 15 is 0 Å². The Labute approximate surface area is 93.7 Å². The van der Waals surface area contributed by atoms with Gasteiger partial charge in [0.15, 0.2) is 5.82 Å². The summed E-state index contributed by atoms with van der Waals surface area (Å²) in [5, 5.41) is 0. The van der Waals surface area contributed by atoms with Crippen LogP contribution in [0, 0.1) is 0 Å².